The van der Waals surface area contributed by atoms with Crippen molar-refractivity contribution in [1.29, 1.82) is 0 Å². The molecule has 0 atom stereocenters. The Balaban J connectivity index is 1.73. The second-order valence-corrected chi connectivity index (χ2v) is 7.16. The van der Waals surface area contributed by atoms with Crippen LogP contribution < -0.4 is 0 Å². The molecule has 2 fully saturated rings. The number of likely N-dealkylation sites (tertiary alicyclic amines) is 1. The Hall–Kier alpha value is -1.24. The summed E-state index contributed by atoms with van der Waals surface area (Å²) in [6.07, 6.45) is 5.31. The van der Waals surface area contributed by atoms with E-state index in [-0.39, 0.29) is 11.7 Å². The zero-order valence-corrected chi connectivity index (χ0v) is 13.8. The number of rotatable bonds is 3. The van der Waals surface area contributed by atoms with Gasteiger partial charge in [-0.3, -0.25) is 14.6 Å². The monoisotopic (exact) mass is 336 g/mol. The van der Waals surface area contributed by atoms with Crippen LogP contribution in [0.2, 0.25) is 0 Å². The Labute approximate surface area is 139 Å². The average Bonchev–Trinajstić information content (AvgIpc) is 2.76. The van der Waals surface area contributed by atoms with Gasteiger partial charge >= 0.3 is 0 Å². The van der Waals surface area contributed by atoms with Gasteiger partial charge in [-0.15, -0.1) is 0 Å². The second kappa shape index (κ2) is 6.89. The molecule has 1 aromatic carbocycles. The van der Waals surface area contributed by atoms with Gasteiger partial charge < -0.3 is 0 Å². The molecule has 1 amide bonds. The molecule has 0 aliphatic carbocycles. The third-order valence-electron chi connectivity index (χ3n) is 3.81. The maximum atomic E-state index is 13.2. The molecule has 116 valence electrons. The molecule has 0 aromatic heterocycles. The molecular weight excluding hydrogens is 319 g/mol. The zero-order valence-electron chi connectivity index (χ0n) is 12.1. The van der Waals surface area contributed by atoms with E-state index in [1.807, 2.05) is 0 Å². The van der Waals surface area contributed by atoms with Crippen molar-refractivity contribution in [3.63, 3.8) is 0 Å². The summed E-state index contributed by atoms with van der Waals surface area (Å²) in [6.45, 7) is 2.59. The van der Waals surface area contributed by atoms with Crippen LogP contribution in [0.3, 0.4) is 0 Å². The highest BCUT2D eigenvalue weighted by atomic mass is 32.2. The molecule has 2 heterocycles. The lowest BCUT2D eigenvalue weighted by Crippen LogP contribution is -2.42. The van der Waals surface area contributed by atoms with E-state index >= 15 is 0 Å². The number of halogens is 1. The van der Waals surface area contributed by atoms with Crippen molar-refractivity contribution in [3.8, 4) is 0 Å². The number of carbonyl (C=O) groups is 1. The van der Waals surface area contributed by atoms with E-state index in [0.29, 0.717) is 21.5 Å². The largest absolute Gasteiger partial charge is 0.286 e. The maximum Gasteiger partial charge on any atom is 0.267 e. The third kappa shape index (κ3) is 3.56. The summed E-state index contributed by atoms with van der Waals surface area (Å²) in [4.78, 5) is 17.0. The van der Waals surface area contributed by atoms with Gasteiger partial charge in [0.05, 0.1) is 11.6 Å². The van der Waals surface area contributed by atoms with Crippen molar-refractivity contribution in [2.75, 3.05) is 19.8 Å². The number of thiocarbonyl (C=S) groups is 1. The average molecular weight is 336 g/mol. The van der Waals surface area contributed by atoms with E-state index in [0.717, 1.165) is 13.1 Å². The van der Waals surface area contributed by atoms with E-state index in [9.17, 15) is 9.18 Å². The molecule has 0 bridgehead atoms. The van der Waals surface area contributed by atoms with Gasteiger partial charge in [0.15, 0.2) is 0 Å². The van der Waals surface area contributed by atoms with Crippen molar-refractivity contribution in [3.05, 3.63) is 40.6 Å². The smallest absolute Gasteiger partial charge is 0.267 e. The summed E-state index contributed by atoms with van der Waals surface area (Å²) in [5.41, 5.74) is 0.679. The Morgan fingerprint density at radius 1 is 1.27 bits per heavy atom. The minimum absolute atomic E-state index is 0.0789. The number of benzene rings is 1. The first kappa shape index (κ1) is 15.6. The first-order valence-corrected chi connectivity index (χ1v) is 8.59. The summed E-state index contributed by atoms with van der Waals surface area (Å²) in [5, 5.41) is 0. The third-order valence-corrected chi connectivity index (χ3v) is 5.19. The molecule has 22 heavy (non-hydrogen) atoms. The van der Waals surface area contributed by atoms with Gasteiger partial charge in [0.25, 0.3) is 5.91 Å². The number of hydrogen-bond donors (Lipinski definition) is 0. The summed E-state index contributed by atoms with van der Waals surface area (Å²) in [5.74, 6) is -0.387. The Morgan fingerprint density at radius 2 is 2.05 bits per heavy atom. The molecule has 2 aliphatic heterocycles. The first-order valence-electron chi connectivity index (χ1n) is 7.37. The van der Waals surface area contributed by atoms with Crippen LogP contribution in [-0.4, -0.2) is 39.8 Å². The van der Waals surface area contributed by atoms with Gasteiger partial charge in [0.1, 0.15) is 10.1 Å². The number of thioether (sulfide) groups is 1. The Kier molecular flexibility index (Phi) is 4.90. The van der Waals surface area contributed by atoms with Gasteiger partial charge in [-0.05, 0) is 49.7 Å². The van der Waals surface area contributed by atoms with Gasteiger partial charge in [-0.2, -0.15) is 0 Å². The number of piperidine rings is 1. The summed E-state index contributed by atoms with van der Waals surface area (Å²) in [6, 6.07) is 6.21. The predicted molar refractivity (Wildman–Crippen MR) is 91.7 cm³/mol. The molecule has 0 unspecified atom stereocenters. The fourth-order valence-corrected chi connectivity index (χ4v) is 3.91. The molecule has 0 saturated carbocycles. The molecule has 2 aliphatic rings. The van der Waals surface area contributed by atoms with Crippen LogP contribution in [0, 0.1) is 5.82 Å². The van der Waals surface area contributed by atoms with Gasteiger partial charge in [0, 0.05) is 0 Å². The van der Waals surface area contributed by atoms with E-state index < -0.39 is 0 Å². The topological polar surface area (TPSA) is 23.6 Å². The van der Waals surface area contributed by atoms with Crippen LogP contribution in [0.15, 0.2) is 29.2 Å². The fraction of sp³-hybridized carbons (Fsp3) is 0.375. The predicted octanol–water partition coefficient (Wildman–Crippen LogP) is 3.47. The highest BCUT2D eigenvalue weighted by Gasteiger charge is 2.33. The number of carbonyl (C=O) groups excluding carboxylic acids is 1. The van der Waals surface area contributed by atoms with Crippen molar-refractivity contribution in [2.45, 2.75) is 19.3 Å². The summed E-state index contributed by atoms with van der Waals surface area (Å²) in [7, 11) is 0. The molecule has 3 nitrogen and oxygen atoms in total. The fourth-order valence-electron chi connectivity index (χ4n) is 2.67. The second-order valence-electron chi connectivity index (χ2n) is 5.48. The van der Waals surface area contributed by atoms with Crippen LogP contribution >= 0.6 is 24.0 Å². The summed E-state index contributed by atoms with van der Waals surface area (Å²) >= 11 is 6.62. The SMILES string of the molecule is O=C1/C(=C\c2cccc(F)c2)SC(=S)N1CN1CCCCC1. The minimum Gasteiger partial charge on any atom is -0.286 e. The molecule has 6 heteroatoms. The molecule has 2 saturated heterocycles. The standard InChI is InChI=1S/C16H17FN2OS2/c17-13-6-4-5-12(9-13)10-14-15(20)19(16(21)22-14)11-18-7-2-1-3-8-18/h4-6,9-10H,1-3,7-8,11H2/b14-10+. The van der Waals surface area contributed by atoms with Crippen molar-refractivity contribution < 1.29 is 9.18 Å². The molecule has 3 rings (SSSR count). The Bertz CT molecular complexity index is 626. The van der Waals surface area contributed by atoms with Crippen LogP contribution in [0.1, 0.15) is 24.8 Å². The van der Waals surface area contributed by atoms with E-state index in [1.165, 1.54) is 43.2 Å². The highest BCUT2D eigenvalue weighted by molar-refractivity contribution is 8.26. The van der Waals surface area contributed by atoms with E-state index in [4.69, 9.17) is 12.2 Å². The maximum absolute atomic E-state index is 13.2. The van der Waals surface area contributed by atoms with Crippen molar-refractivity contribution in [1.82, 2.24) is 9.80 Å². The zero-order chi connectivity index (χ0) is 15.5. The van der Waals surface area contributed by atoms with Crippen LogP contribution in [0.25, 0.3) is 6.08 Å². The lowest BCUT2D eigenvalue weighted by Gasteiger charge is -2.29. The number of nitrogens with zero attached hydrogens (tertiary/aromatic N) is 2. The van der Waals surface area contributed by atoms with Gasteiger partial charge in [-0.1, -0.05) is 42.5 Å². The number of amides is 1. The van der Waals surface area contributed by atoms with Gasteiger partial charge in [0.2, 0.25) is 0 Å². The van der Waals surface area contributed by atoms with Crippen molar-refractivity contribution >= 4 is 40.3 Å². The van der Waals surface area contributed by atoms with Crippen LogP contribution in [0.4, 0.5) is 4.39 Å². The first-order chi connectivity index (χ1) is 10.6. The molecule has 1 aromatic rings. The van der Waals surface area contributed by atoms with E-state index in [2.05, 4.69) is 4.90 Å². The molecule has 0 radical (unpaired) electrons. The van der Waals surface area contributed by atoms with E-state index in [1.54, 1.807) is 23.1 Å². The van der Waals surface area contributed by atoms with Gasteiger partial charge in [-0.25, -0.2) is 4.39 Å². The Morgan fingerprint density at radius 3 is 2.77 bits per heavy atom. The number of hydrogen-bond acceptors (Lipinski definition) is 4. The molecule has 0 spiro atoms. The van der Waals surface area contributed by atoms with Crippen LogP contribution in [-0.2, 0) is 4.79 Å². The summed E-state index contributed by atoms with van der Waals surface area (Å²) < 4.78 is 13.8. The highest BCUT2D eigenvalue weighted by Crippen LogP contribution is 2.33. The minimum atomic E-state index is -0.308. The molecular formula is C16H17FN2OS2. The lowest BCUT2D eigenvalue weighted by atomic mass is 10.1. The normalized spacial score (nSPS) is 21.9. The van der Waals surface area contributed by atoms with Crippen LogP contribution in [0.5, 0.6) is 0 Å². The quantitative estimate of drug-likeness (QED) is 0.623. The lowest BCUT2D eigenvalue weighted by molar-refractivity contribution is -0.123. The van der Waals surface area contributed by atoms with Crippen molar-refractivity contribution in [2.24, 2.45) is 0 Å². The molecule has 0 N–H and O–H groups in total.